The van der Waals surface area contributed by atoms with E-state index in [1.165, 1.54) is 11.3 Å². The molecule has 0 saturated carbocycles. The van der Waals surface area contributed by atoms with Crippen molar-refractivity contribution in [3.8, 4) is 0 Å². The fourth-order valence-electron chi connectivity index (χ4n) is 1.08. The van der Waals surface area contributed by atoms with Crippen molar-refractivity contribution in [2.45, 2.75) is 26.0 Å². The minimum Gasteiger partial charge on any atom is -0.478 e. The van der Waals surface area contributed by atoms with Crippen LogP contribution in [0.4, 0.5) is 0 Å². The zero-order valence-electron chi connectivity index (χ0n) is 8.78. The van der Waals surface area contributed by atoms with Gasteiger partial charge in [-0.15, -0.1) is 11.3 Å². The van der Waals surface area contributed by atoms with Crippen molar-refractivity contribution in [2.24, 2.45) is 0 Å². The van der Waals surface area contributed by atoms with Crippen LogP contribution in [0, 0.1) is 0 Å². The SMILES string of the molecule is CC(C)(O)CNCc1cc(C(=O)O)cs1. The van der Waals surface area contributed by atoms with Crippen LogP contribution in [-0.2, 0) is 6.54 Å². The molecule has 0 radical (unpaired) electrons. The smallest absolute Gasteiger partial charge is 0.336 e. The van der Waals surface area contributed by atoms with E-state index in [0.717, 1.165) is 4.88 Å². The molecular formula is C10H15NO3S. The summed E-state index contributed by atoms with van der Waals surface area (Å²) in [6.45, 7) is 4.50. The zero-order valence-corrected chi connectivity index (χ0v) is 9.60. The van der Waals surface area contributed by atoms with Crippen molar-refractivity contribution >= 4 is 17.3 Å². The minimum atomic E-state index is -0.903. The third kappa shape index (κ3) is 4.42. The van der Waals surface area contributed by atoms with Crippen molar-refractivity contribution in [3.63, 3.8) is 0 Å². The number of carbonyl (C=O) groups is 1. The molecule has 3 N–H and O–H groups in total. The van der Waals surface area contributed by atoms with E-state index >= 15 is 0 Å². The molecule has 1 rings (SSSR count). The quantitative estimate of drug-likeness (QED) is 0.712. The molecule has 15 heavy (non-hydrogen) atoms. The van der Waals surface area contributed by atoms with Gasteiger partial charge in [-0.1, -0.05) is 0 Å². The molecule has 5 heteroatoms. The Hall–Kier alpha value is -0.910. The van der Waals surface area contributed by atoms with Crippen LogP contribution in [0.2, 0.25) is 0 Å². The van der Waals surface area contributed by atoms with Gasteiger partial charge >= 0.3 is 5.97 Å². The maximum Gasteiger partial charge on any atom is 0.336 e. The molecule has 0 unspecified atom stereocenters. The van der Waals surface area contributed by atoms with Crippen molar-refractivity contribution < 1.29 is 15.0 Å². The Morgan fingerprint density at radius 2 is 2.27 bits per heavy atom. The molecule has 0 aromatic carbocycles. The predicted molar refractivity (Wildman–Crippen MR) is 59.3 cm³/mol. The van der Waals surface area contributed by atoms with E-state index in [0.29, 0.717) is 18.7 Å². The van der Waals surface area contributed by atoms with Gasteiger partial charge in [-0.3, -0.25) is 0 Å². The number of carboxylic acid groups (broad SMARTS) is 1. The van der Waals surface area contributed by atoms with Crippen molar-refractivity contribution in [1.82, 2.24) is 5.32 Å². The van der Waals surface area contributed by atoms with E-state index in [2.05, 4.69) is 5.32 Å². The van der Waals surface area contributed by atoms with Crippen LogP contribution in [0.1, 0.15) is 29.1 Å². The monoisotopic (exact) mass is 229 g/mol. The summed E-state index contributed by atoms with van der Waals surface area (Å²) >= 11 is 1.40. The van der Waals surface area contributed by atoms with E-state index in [1.54, 1.807) is 25.3 Å². The van der Waals surface area contributed by atoms with Gasteiger partial charge in [0.2, 0.25) is 0 Å². The summed E-state index contributed by atoms with van der Waals surface area (Å²) in [6, 6.07) is 1.64. The molecule has 0 saturated heterocycles. The summed E-state index contributed by atoms with van der Waals surface area (Å²) in [5.41, 5.74) is -0.424. The molecule has 0 aliphatic heterocycles. The lowest BCUT2D eigenvalue weighted by Crippen LogP contribution is -2.34. The number of carboxylic acids is 1. The highest BCUT2D eigenvalue weighted by molar-refractivity contribution is 7.10. The zero-order chi connectivity index (χ0) is 11.5. The summed E-state index contributed by atoms with van der Waals surface area (Å²) in [5.74, 6) is -0.903. The number of aromatic carboxylic acids is 1. The summed E-state index contributed by atoms with van der Waals surface area (Å²) < 4.78 is 0. The van der Waals surface area contributed by atoms with Gasteiger partial charge in [0.05, 0.1) is 11.2 Å². The summed E-state index contributed by atoms with van der Waals surface area (Å²) in [5, 5.41) is 22.8. The van der Waals surface area contributed by atoms with Gasteiger partial charge in [-0.2, -0.15) is 0 Å². The van der Waals surface area contributed by atoms with Gasteiger partial charge in [0.15, 0.2) is 0 Å². The number of aliphatic hydroxyl groups is 1. The second-order valence-electron chi connectivity index (χ2n) is 4.02. The Labute approximate surface area is 92.6 Å². The summed E-state index contributed by atoms with van der Waals surface area (Å²) in [6.07, 6.45) is 0. The van der Waals surface area contributed by atoms with Crippen LogP contribution in [0.3, 0.4) is 0 Å². The topological polar surface area (TPSA) is 69.6 Å². The largest absolute Gasteiger partial charge is 0.478 e. The van der Waals surface area contributed by atoms with Gasteiger partial charge in [-0.25, -0.2) is 4.79 Å². The Bertz CT molecular complexity index is 341. The van der Waals surface area contributed by atoms with E-state index in [4.69, 9.17) is 5.11 Å². The first-order valence-corrected chi connectivity index (χ1v) is 5.50. The molecular weight excluding hydrogens is 214 g/mol. The van der Waals surface area contributed by atoms with Crippen LogP contribution in [0.25, 0.3) is 0 Å². The Balaban J connectivity index is 2.41. The molecule has 1 heterocycles. The molecule has 0 amide bonds. The Morgan fingerprint density at radius 1 is 1.60 bits per heavy atom. The van der Waals surface area contributed by atoms with Gasteiger partial charge in [0, 0.05) is 23.3 Å². The minimum absolute atomic E-state index is 0.319. The van der Waals surface area contributed by atoms with Crippen LogP contribution in [-0.4, -0.2) is 28.3 Å². The number of hydrogen-bond donors (Lipinski definition) is 3. The van der Waals surface area contributed by atoms with E-state index < -0.39 is 11.6 Å². The molecule has 84 valence electrons. The lowest BCUT2D eigenvalue weighted by molar-refractivity contribution is 0.0696. The molecule has 1 aromatic heterocycles. The molecule has 0 bridgehead atoms. The highest BCUT2D eigenvalue weighted by Crippen LogP contribution is 2.14. The highest BCUT2D eigenvalue weighted by Gasteiger charge is 2.12. The van der Waals surface area contributed by atoms with E-state index in [1.807, 2.05) is 0 Å². The third-order valence-electron chi connectivity index (χ3n) is 1.76. The number of thiophene rings is 1. The lowest BCUT2D eigenvalue weighted by Gasteiger charge is -2.17. The number of rotatable bonds is 5. The third-order valence-corrected chi connectivity index (χ3v) is 2.69. The van der Waals surface area contributed by atoms with Gasteiger partial charge < -0.3 is 15.5 Å². The van der Waals surface area contributed by atoms with Crippen molar-refractivity contribution in [3.05, 3.63) is 21.9 Å². The van der Waals surface area contributed by atoms with Crippen LogP contribution < -0.4 is 5.32 Å². The first-order valence-electron chi connectivity index (χ1n) is 4.62. The fourth-order valence-corrected chi connectivity index (χ4v) is 1.90. The molecule has 0 spiro atoms. The van der Waals surface area contributed by atoms with E-state index in [-0.39, 0.29) is 0 Å². The van der Waals surface area contributed by atoms with Crippen LogP contribution in [0.5, 0.6) is 0 Å². The first-order chi connectivity index (χ1) is 6.88. The van der Waals surface area contributed by atoms with Crippen LogP contribution in [0.15, 0.2) is 11.4 Å². The molecule has 0 atom stereocenters. The van der Waals surface area contributed by atoms with Gasteiger partial charge in [0.25, 0.3) is 0 Å². The second-order valence-corrected chi connectivity index (χ2v) is 5.02. The molecule has 0 fully saturated rings. The highest BCUT2D eigenvalue weighted by atomic mass is 32.1. The average Bonchev–Trinajstić information content (AvgIpc) is 2.50. The number of nitrogens with one attached hydrogen (secondary N) is 1. The summed E-state index contributed by atoms with van der Waals surface area (Å²) in [4.78, 5) is 11.5. The first kappa shape index (κ1) is 12.2. The second kappa shape index (κ2) is 4.74. The molecule has 0 aliphatic rings. The van der Waals surface area contributed by atoms with Gasteiger partial charge in [0.1, 0.15) is 0 Å². The molecule has 4 nitrogen and oxygen atoms in total. The summed E-state index contributed by atoms with van der Waals surface area (Å²) in [7, 11) is 0. The normalized spacial score (nSPS) is 11.7. The fraction of sp³-hybridized carbons (Fsp3) is 0.500. The Kier molecular flexibility index (Phi) is 3.84. The average molecular weight is 229 g/mol. The standard InChI is InChI=1S/C10H15NO3S/c1-10(2,14)6-11-4-8-3-7(5-15-8)9(12)13/h3,5,11,14H,4,6H2,1-2H3,(H,12,13). The van der Waals surface area contributed by atoms with Crippen molar-refractivity contribution in [2.75, 3.05) is 6.54 Å². The number of hydrogen-bond acceptors (Lipinski definition) is 4. The lowest BCUT2D eigenvalue weighted by atomic mass is 10.1. The predicted octanol–water partition coefficient (Wildman–Crippen LogP) is 1.31. The molecule has 0 aliphatic carbocycles. The molecule has 1 aromatic rings. The van der Waals surface area contributed by atoms with Gasteiger partial charge in [-0.05, 0) is 19.9 Å². The van der Waals surface area contributed by atoms with Crippen LogP contribution >= 0.6 is 11.3 Å². The van der Waals surface area contributed by atoms with E-state index in [9.17, 15) is 9.90 Å². The Morgan fingerprint density at radius 3 is 2.73 bits per heavy atom. The maximum absolute atomic E-state index is 10.6. The maximum atomic E-state index is 10.6. The van der Waals surface area contributed by atoms with Crippen molar-refractivity contribution in [1.29, 1.82) is 0 Å².